The normalized spacial score (nSPS) is 11.9. The largest absolute Gasteiger partial charge is 0.384 e. The number of carbonyl (C=O) groups is 1. The standard InChI is InChI=1S/C15H24N2O/c1-4-10-16-14-9-7-6-8-13(14)15(18)17-11-12(3)5-2/h6-9,12,16H,4-5,10-11H2,1-3H3,(H,17,18). The van der Waals surface area contributed by atoms with E-state index < -0.39 is 0 Å². The zero-order valence-electron chi connectivity index (χ0n) is 11.6. The predicted molar refractivity (Wildman–Crippen MR) is 77.0 cm³/mol. The van der Waals surface area contributed by atoms with Crippen molar-refractivity contribution in [3.05, 3.63) is 29.8 Å². The third-order valence-corrected chi connectivity index (χ3v) is 3.05. The number of rotatable bonds is 7. The number of carbonyl (C=O) groups excluding carboxylic acids is 1. The molecule has 1 amide bonds. The van der Waals surface area contributed by atoms with Crippen molar-refractivity contribution >= 4 is 11.6 Å². The van der Waals surface area contributed by atoms with Gasteiger partial charge in [0.2, 0.25) is 0 Å². The molecule has 0 radical (unpaired) electrons. The second-order valence-corrected chi connectivity index (χ2v) is 4.70. The van der Waals surface area contributed by atoms with Gasteiger partial charge in [-0.25, -0.2) is 0 Å². The summed E-state index contributed by atoms with van der Waals surface area (Å²) in [6, 6.07) is 7.66. The summed E-state index contributed by atoms with van der Waals surface area (Å²) in [4.78, 5) is 12.1. The highest BCUT2D eigenvalue weighted by atomic mass is 16.1. The molecule has 2 N–H and O–H groups in total. The second kappa shape index (κ2) is 7.75. The molecule has 0 fully saturated rings. The average Bonchev–Trinajstić information content (AvgIpc) is 2.42. The molecule has 100 valence electrons. The van der Waals surface area contributed by atoms with E-state index in [4.69, 9.17) is 0 Å². The van der Waals surface area contributed by atoms with Crippen molar-refractivity contribution in [3.63, 3.8) is 0 Å². The highest BCUT2D eigenvalue weighted by Gasteiger charge is 2.10. The average molecular weight is 248 g/mol. The molecule has 1 atom stereocenters. The molecule has 1 aromatic carbocycles. The molecular formula is C15H24N2O. The SMILES string of the molecule is CCCNc1ccccc1C(=O)NCC(C)CC. The first-order valence-electron chi connectivity index (χ1n) is 6.80. The van der Waals surface area contributed by atoms with E-state index in [0.29, 0.717) is 5.92 Å². The fourth-order valence-electron chi connectivity index (χ4n) is 1.60. The van der Waals surface area contributed by atoms with Gasteiger partial charge in [-0.15, -0.1) is 0 Å². The summed E-state index contributed by atoms with van der Waals surface area (Å²) in [5.41, 5.74) is 1.65. The molecule has 0 aromatic heterocycles. The molecule has 0 heterocycles. The maximum Gasteiger partial charge on any atom is 0.253 e. The Morgan fingerprint density at radius 2 is 2.00 bits per heavy atom. The van der Waals surface area contributed by atoms with E-state index in [1.165, 1.54) is 0 Å². The van der Waals surface area contributed by atoms with Gasteiger partial charge < -0.3 is 10.6 Å². The summed E-state index contributed by atoms with van der Waals surface area (Å²) in [6.45, 7) is 8.00. The van der Waals surface area contributed by atoms with E-state index >= 15 is 0 Å². The van der Waals surface area contributed by atoms with Crippen molar-refractivity contribution in [1.29, 1.82) is 0 Å². The molecule has 0 spiro atoms. The van der Waals surface area contributed by atoms with Crippen molar-refractivity contribution in [2.45, 2.75) is 33.6 Å². The van der Waals surface area contributed by atoms with E-state index in [2.05, 4.69) is 31.4 Å². The minimum Gasteiger partial charge on any atom is -0.384 e. The van der Waals surface area contributed by atoms with Crippen LogP contribution in [-0.2, 0) is 0 Å². The Hall–Kier alpha value is -1.51. The molecule has 18 heavy (non-hydrogen) atoms. The molecule has 0 aliphatic rings. The molecule has 1 rings (SSSR count). The zero-order chi connectivity index (χ0) is 13.4. The molecule has 1 unspecified atom stereocenters. The van der Waals surface area contributed by atoms with E-state index in [1.807, 2.05) is 24.3 Å². The fourth-order valence-corrected chi connectivity index (χ4v) is 1.60. The Kier molecular flexibility index (Phi) is 6.26. The smallest absolute Gasteiger partial charge is 0.253 e. The summed E-state index contributed by atoms with van der Waals surface area (Å²) in [7, 11) is 0. The van der Waals surface area contributed by atoms with Gasteiger partial charge in [0.25, 0.3) is 5.91 Å². The number of amides is 1. The molecule has 0 saturated carbocycles. The van der Waals surface area contributed by atoms with E-state index in [1.54, 1.807) is 0 Å². The number of nitrogens with one attached hydrogen (secondary N) is 2. The lowest BCUT2D eigenvalue weighted by Gasteiger charge is -2.13. The number of anilines is 1. The summed E-state index contributed by atoms with van der Waals surface area (Å²) in [6.07, 6.45) is 2.12. The van der Waals surface area contributed by atoms with Crippen LogP contribution in [0.15, 0.2) is 24.3 Å². The fraction of sp³-hybridized carbons (Fsp3) is 0.533. The lowest BCUT2D eigenvalue weighted by atomic mass is 10.1. The highest BCUT2D eigenvalue weighted by Crippen LogP contribution is 2.15. The molecule has 0 saturated heterocycles. The first kappa shape index (κ1) is 14.6. The van der Waals surface area contributed by atoms with Gasteiger partial charge in [0.15, 0.2) is 0 Å². The van der Waals surface area contributed by atoms with Crippen LogP contribution in [0, 0.1) is 5.92 Å². The van der Waals surface area contributed by atoms with Crippen LogP contribution in [0.5, 0.6) is 0 Å². The van der Waals surface area contributed by atoms with E-state index in [0.717, 1.165) is 37.2 Å². The number of hydrogen-bond acceptors (Lipinski definition) is 2. The van der Waals surface area contributed by atoms with Crippen LogP contribution in [0.1, 0.15) is 44.0 Å². The van der Waals surface area contributed by atoms with Crippen LogP contribution < -0.4 is 10.6 Å². The van der Waals surface area contributed by atoms with Crippen LogP contribution in [0.4, 0.5) is 5.69 Å². The number of hydrogen-bond donors (Lipinski definition) is 2. The van der Waals surface area contributed by atoms with E-state index in [9.17, 15) is 4.79 Å². The first-order valence-corrected chi connectivity index (χ1v) is 6.80. The minimum absolute atomic E-state index is 0.00880. The topological polar surface area (TPSA) is 41.1 Å². The van der Waals surface area contributed by atoms with Crippen molar-refractivity contribution in [1.82, 2.24) is 5.32 Å². The summed E-state index contributed by atoms with van der Waals surface area (Å²) < 4.78 is 0. The van der Waals surface area contributed by atoms with Crippen LogP contribution in [0.3, 0.4) is 0 Å². The van der Waals surface area contributed by atoms with Crippen molar-refractivity contribution in [2.24, 2.45) is 5.92 Å². The molecule has 3 heteroatoms. The third kappa shape index (κ3) is 4.40. The van der Waals surface area contributed by atoms with Gasteiger partial charge in [0, 0.05) is 18.8 Å². The Bertz CT molecular complexity index is 377. The van der Waals surface area contributed by atoms with Crippen molar-refractivity contribution < 1.29 is 4.79 Å². The molecule has 0 bridgehead atoms. The van der Waals surface area contributed by atoms with Crippen LogP contribution in [0.25, 0.3) is 0 Å². The Morgan fingerprint density at radius 3 is 2.67 bits per heavy atom. The summed E-state index contributed by atoms with van der Waals surface area (Å²) in [5, 5.41) is 6.27. The Morgan fingerprint density at radius 1 is 1.28 bits per heavy atom. The Labute approximate surface area is 110 Å². The maximum absolute atomic E-state index is 12.1. The second-order valence-electron chi connectivity index (χ2n) is 4.70. The molecular weight excluding hydrogens is 224 g/mol. The number of para-hydroxylation sites is 1. The predicted octanol–water partition coefficient (Wildman–Crippen LogP) is 3.28. The lowest BCUT2D eigenvalue weighted by molar-refractivity contribution is 0.0948. The van der Waals surface area contributed by atoms with Gasteiger partial charge in [-0.3, -0.25) is 4.79 Å². The van der Waals surface area contributed by atoms with Gasteiger partial charge in [-0.2, -0.15) is 0 Å². The van der Waals surface area contributed by atoms with Crippen LogP contribution in [-0.4, -0.2) is 19.0 Å². The summed E-state index contributed by atoms with van der Waals surface area (Å²) in [5.74, 6) is 0.527. The summed E-state index contributed by atoms with van der Waals surface area (Å²) >= 11 is 0. The van der Waals surface area contributed by atoms with Crippen molar-refractivity contribution in [2.75, 3.05) is 18.4 Å². The van der Waals surface area contributed by atoms with Gasteiger partial charge in [-0.1, -0.05) is 39.3 Å². The molecule has 0 aliphatic carbocycles. The molecule has 1 aromatic rings. The molecule has 0 aliphatic heterocycles. The monoisotopic (exact) mass is 248 g/mol. The van der Waals surface area contributed by atoms with Gasteiger partial charge >= 0.3 is 0 Å². The Balaban J connectivity index is 2.66. The van der Waals surface area contributed by atoms with Gasteiger partial charge in [0.05, 0.1) is 5.56 Å². The quantitative estimate of drug-likeness (QED) is 0.777. The number of benzene rings is 1. The zero-order valence-corrected chi connectivity index (χ0v) is 11.6. The minimum atomic E-state index is 0.00880. The van der Waals surface area contributed by atoms with Gasteiger partial charge in [-0.05, 0) is 24.5 Å². The maximum atomic E-state index is 12.1. The van der Waals surface area contributed by atoms with Crippen molar-refractivity contribution in [3.8, 4) is 0 Å². The van der Waals surface area contributed by atoms with Gasteiger partial charge in [0.1, 0.15) is 0 Å². The van der Waals surface area contributed by atoms with Crippen LogP contribution in [0.2, 0.25) is 0 Å². The lowest BCUT2D eigenvalue weighted by Crippen LogP contribution is -2.28. The highest BCUT2D eigenvalue weighted by molar-refractivity contribution is 5.99. The first-order chi connectivity index (χ1) is 8.69. The van der Waals surface area contributed by atoms with Crippen LogP contribution >= 0.6 is 0 Å². The van der Waals surface area contributed by atoms with E-state index in [-0.39, 0.29) is 5.91 Å². The third-order valence-electron chi connectivity index (χ3n) is 3.05. The molecule has 3 nitrogen and oxygen atoms in total.